The number of ether oxygens (including phenoxy) is 1. The third-order valence-electron chi connectivity index (χ3n) is 6.58. The van der Waals surface area contributed by atoms with Crippen molar-refractivity contribution in [3.05, 3.63) is 47.5 Å². The molecule has 0 fully saturated rings. The molecule has 172 valence electrons. The smallest absolute Gasteiger partial charge is 0.254 e. The Labute approximate surface area is 191 Å². The summed E-state index contributed by atoms with van der Waals surface area (Å²) in [7, 11) is 3.69. The van der Waals surface area contributed by atoms with Crippen molar-refractivity contribution in [2.24, 2.45) is 12.8 Å². The van der Waals surface area contributed by atoms with E-state index in [0.717, 1.165) is 51.3 Å². The number of methoxy groups -OCH3 is 1. The van der Waals surface area contributed by atoms with Crippen LogP contribution in [-0.2, 0) is 20.0 Å². The van der Waals surface area contributed by atoms with E-state index < -0.39 is 12.7 Å². The van der Waals surface area contributed by atoms with Crippen molar-refractivity contribution in [2.45, 2.75) is 25.9 Å². The Morgan fingerprint density at radius 1 is 1.27 bits per heavy atom. The van der Waals surface area contributed by atoms with Gasteiger partial charge in [-0.05, 0) is 43.2 Å². The molecular formula is C25H28FN5O2. The van der Waals surface area contributed by atoms with Gasteiger partial charge in [0.1, 0.15) is 12.4 Å². The second kappa shape index (κ2) is 8.19. The number of alkyl halides is 1. The molecule has 0 saturated carbocycles. The maximum absolute atomic E-state index is 13.1. The number of rotatable bonds is 6. The fourth-order valence-electron chi connectivity index (χ4n) is 4.92. The van der Waals surface area contributed by atoms with Crippen molar-refractivity contribution in [1.29, 1.82) is 0 Å². The number of aryl methyl sites for hydroxylation is 2. The fraction of sp³-hybridized carbons (Fsp3) is 0.360. The first-order valence-corrected chi connectivity index (χ1v) is 11.2. The number of nitrogens with two attached hydrogens (primary N) is 1. The monoisotopic (exact) mass is 449 g/mol. The third-order valence-corrected chi connectivity index (χ3v) is 6.58. The number of halogens is 1. The van der Waals surface area contributed by atoms with Crippen LogP contribution in [0.1, 0.15) is 22.8 Å². The summed E-state index contributed by atoms with van der Waals surface area (Å²) in [5.41, 5.74) is 11.1. The number of para-hydroxylation sites is 1. The van der Waals surface area contributed by atoms with E-state index in [-0.39, 0.29) is 12.5 Å². The molecule has 3 heterocycles. The zero-order chi connectivity index (χ0) is 23.3. The van der Waals surface area contributed by atoms with Gasteiger partial charge in [0.25, 0.3) is 5.91 Å². The number of amides is 1. The van der Waals surface area contributed by atoms with Crippen LogP contribution in [-0.4, -0.2) is 57.8 Å². The molecular weight excluding hydrogens is 421 g/mol. The molecule has 0 spiro atoms. The van der Waals surface area contributed by atoms with Gasteiger partial charge in [0.15, 0.2) is 5.82 Å². The van der Waals surface area contributed by atoms with Crippen LogP contribution in [0.25, 0.3) is 33.5 Å². The molecule has 33 heavy (non-hydrogen) atoms. The van der Waals surface area contributed by atoms with Crippen LogP contribution in [0.2, 0.25) is 0 Å². The summed E-state index contributed by atoms with van der Waals surface area (Å²) >= 11 is 0. The van der Waals surface area contributed by atoms with Gasteiger partial charge in [-0.15, -0.1) is 0 Å². The normalized spacial score (nSPS) is 14.8. The highest BCUT2D eigenvalue weighted by Crippen LogP contribution is 2.35. The van der Waals surface area contributed by atoms with E-state index in [1.807, 2.05) is 25.2 Å². The minimum Gasteiger partial charge on any atom is -0.495 e. The van der Waals surface area contributed by atoms with Crippen molar-refractivity contribution in [2.75, 3.05) is 26.9 Å². The zero-order valence-corrected chi connectivity index (χ0v) is 19.1. The topological polar surface area (TPSA) is 78.3 Å². The molecule has 0 unspecified atom stereocenters. The Kier molecular flexibility index (Phi) is 5.32. The SMILES string of the molecule is CCn1c(-c2nc3cc4c(cc3n2C)CCN(C[C@H](N)CF)C4=O)cc2cccc(OC)c21. The number of benzene rings is 2. The summed E-state index contributed by atoms with van der Waals surface area (Å²) in [5, 5.41) is 1.09. The number of fused-ring (bicyclic) bond motifs is 3. The highest BCUT2D eigenvalue weighted by Gasteiger charge is 2.27. The predicted octanol–water partition coefficient (Wildman–Crippen LogP) is 3.52. The summed E-state index contributed by atoms with van der Waals surface area (Å²) < 4.78 is 22.8. The Hall–Kier alpha value is -3.39. The van der Waals surface area contributed by atoms with Crippen LogP contribution in [0.3, 0.4) is 0 Å². The van der Waals surface area contributed by atoms with Crippen LogP contribution in [0.15, 0.2) is 36.4 Å². The Morgan fingerprint density at radius 3 is 2.82 bits per heavy atom. The number of imidazole rings is 1. The van der Waals surface area contributed by atoms with Crippen LogP contribution >= 0.6 is 0 Å². The Morgan fingerprint density at radius 2 is 2.09 bits per heavy atom. The van der Waals surface area contributed by atoms with Crippen molar-refractivity contribution >= 4 is 27.8 Å². The molecule has 5 rings (SSSR count). The number of nitrogens with zero attached hydrogens (tertiary/aromatic N) is 4. The molecule has 2 aromatic heterocycles. The maximum atomic E-state index is 13.1. The number of aromatic nitrogens is 3. The van der Waals surface area contributed by atoms with E-state index in [9.17, 15) is 9.18 Å². The second-order valence-corrected chi connectivity index (χ2v) is 8.58. The summed E-state index contributed by atoms with van der Waals surface area (Å²) in [6.07, 6.45) is 0.711. The van der Waals surface area contributed by atoms with Crippen LogP contribution in [0.5, 0.6) is 5.75 Å². The van der Waals surface area contributed by atoms with Gasteiger partial charge in [0.2, 0.25) is 0 Å². The molecule has 2 aromatic carbocycles. The number of hydrogen-bond donors (Lipinski definition) is 1. The molecule has 0 aliphatic carbocycles. The molecule has 7 nitrogen and oxygen atoms in total. The van der Waals surface area contributed by atoms with E-state index in [2.05, 4.69) is 34.3 Å². The highest BCUT2D eigenvalue weighted by molar-refractivity contribution is 6.01. The summed E-state index contributed by atoms with van der Waals surface area (Å²) in [6.45, 7) is 2.99. The lowest BCUT2D eigenvalue weighted by molar-refractivity contribution is 0.0725. The molecule has 1 amide bonds. The van der Waals surface area contributed by atoms with E-state index in [1.54, 1.807) is 12.0 Å². The van der Waals surface area contributed by atoms with Crippen molar-refractivity contribution in [3.8, 4) is 17.3 Å². The Balaban J connectivity index is 1.63. The van der Waals surface area contributed by atoms with E-state index in [4.69, 9.17) is 15.5 Å². The van der Waals surface area contributed by atoms with Crippen molar-refractivity contribution < 1.29 is 13.9 Å². The van der Waals surface area contributed by atoms with Gasteiger partial charge in [0.05, 0.1) is 35.4 Å². The molecule has 1 atom stereocenters. The summed E-state index contributed by atoms with van der Waals surface area (Å²) in [6, 6.07) is 11.4. The number of carbonyl (C=O) groups is 1. The first-order valence-electron chi connectivity index (χ1n) is 11.2. The van der Waals surface area contributed by atoms with Crippen molar-refractivity contribution in [1.82, 2.24) is 19.0 Å². The van der Waals surface area contributed by atoms with Crippen LogP contribution < -0.4 is 10.5 Å². The molecule has 8 heteroatoms. The first-order chi connectivity index (χ1) is 16.0. The van der Waals surface area contributed by atoms with Gasteiger partial charge >= 0.3 is 0 Å². The lowest BCUT2D eigenvalue weighted by Crippen LogP contribution is -2.45. The molecule has 4 aromatic rings. The third kappa shape index (κ3) is 3.36. The number of hydrogen-bond acceptors (Lipinski definition) is 4. The predicted molar refractivity (Wildman–Crippen MR) is 127 cm³/mol. The van der Waals surface area contributed by atoms with E-state index >= 15 is 0 Å². The molecule has 0 saturated heterocycles. The lowest BCUT2D eigenvalue weighted by Gasteiger charge is -2.30. The molecule has 0 bridgehead atoms. The van der Waals surface area contributed by atoms with Gasteiger partial charge in [-0.1, -0.05) is 12.1 Å². The van der Waals surface area contributed by atoms with Gasteiger partial charge in [-0.2, -0.15) is 0 Å². The average molecular weight is 450 g/mol. The van der Waals surface area contributed by atoms with Crippen molar-refractivity contribution in [3.63, 3.8) is 0 Å². The average Bonchev–Trinajstić information content (AvgIpc) is 3.36. The number of carbonyl (C=O) groups excluding carboxylic acids is 1. The van der Waals surface area contributed by atoms with Gasteiger partial charge in [-0.25, -0.2) is 9.37 Å². The first kappa shape index (κ1) is 21.5. The van der Waals surface area contributed by atoms with Gasteiger partial charge in [-0.3, -0.25) is 4.79 Å². The van der Waals surface area contributed by atoms with Crippen LogP contribution in [0.4, 0.5) is 4.39 Å². The molecule has 2 N–H and O–H groups in total. The van der Waals surface area contributed by atoms with E-state index in [0.29, 0.717) is 18.5 Å². The lowest BCUT2D eigenvalue weighted by atomic mass is 9.97. The summed E-state index contributed by atoms with van der Waals surface area (Å²) in [5.74, 6) is 1.55. The fourth-order valence-corrected chi connectivity index (χ4v) is 4.92. The largest absolute Gasteiger partial charge is 0.495 e. The molecule has 1 aliphatic heterocycles. The molecule has 0 radical (unpaired) electrons. The van der Waals surface area contributed by atoms with E-state index in [1.165, 1.54) is 0 Å². The Bertz CT molecular complexity index is 1370. The van der Waals surface area contributed by atoms with Crippen LogP contribution in [0, 0.1) is 0 Å². The van der Waals surface area contributed by atoms with Gasteiger partial charge in [0, 0.05) is 37.6 Å². The minimum atomic E-state index is -0.659. The maximum Gasteiger partial charge on any atom is 0.254 e. The summed E-state index contributed by atoms with van der Waals surface area (Å²) in [4.78, 5) is 19.6. The standard InChI is InChI=1S/C25H28FN5O2/c1-4-31-21(11-16-6-5-7-22(33-3)23(16)31)24-28-19-12-18-15(10-20(19)29(24)2)8-9-30(25(18)32)14-17(27)13-26/h5-7,10-12,17H,4,8-9,13-14,27H2,1-3H3/t17-/m1/s1. The quantitative estimate of drug-likeness (QED) is 0.489. The molecule has 1 aliphatic rings. The van der Waals surface area contributed by atoms with Gasteiger partial charge < -0.3 is 24.5 Å². The second-order valence-electron chi connectivity index (χ2n) is 8.58. The zero-order valence-electron chi connectivity index (χ0n) is 19.1. The minimum absolute atomic E-state index is 0.110. The highest BCUT2D eigenvalue weighted by atomic mass is 19.1.